The molecule has 8 nitrogen and oxygen atoms in total. The van der Waals surface area contributed by atoms with Gasteiger partial charge in [0.1, 0.15) is 17.8 Å². The monoisotopic (exact) mass is 423 g/mol. The van der Waals surface area contributed by atoms with Gasteiger partial charge in [0.05, 0.1) is 30.4 Å². The van der Waals surface area contributed by atoms with E-state index in [1.165, 1.54) is 7.11 Å². The number of anilines is 1. The number of aromatic nitrogens is 4. The maximum atomic E-state index is 13.1. The number of methoxy groups -OCH3 is 1. The third kappa shape index (κ3) is 3.65. The maximum absolute atomic E-state index is 13.1. The van der Waals surface area contributed by atoms with Crippen molar-refractivity contribution < 1.29 is 9.53 Å². The Morgan fingerprint density at radius 3 is 2.70 bits per heavy atom. The van der Waals surface area contributed by atoms with Crippen molar-refractivity contribution in [2.75, 3.05) is 12.4 Å². The Balaban J connectivity index is 1.70. The van der Waals surface area contributed by atoms with E-state index in [-0.39, 0.29) is 6.54 Å². The van der Waals surface area contributed by atoms with Crippen LogP contribution in [0.15, 0.2) is 59.5 Å². The van der Waals surface area contributed by atoms with E-state index < -0.39 is 11.5 Å². The fraction of sp³-hybridized carbons (Fsp3) is 0.143. The molecule has 0 bridgehead atoms. The summed E-state index contributed by atoms with van der Waals surface area (Å²) in [5.41, 5.74) is 1.71. The highest BCUT2D eigenvalue weighted by molar-refractivity contribution is 6.31. The predicted octanol–water partition coefficient (Wildman–Crippen LogP) is 3.19. The highest BCUT2D eigenvalue weighted by atomic mass is 35.5. The molecule has 0 fully saturated rings. The molecule has 2 aromatic carbocycles. The van der Waals surface area contributed by atoms with Crippen LogP contribution in [0, 0.1) is 6.92 Å². The van der Waals surface area contributed by atoms with E-state index in [4.69, 9.17) is 16.3 Å². The van der Waals surface area contributed by atoms with Crippen molar-refractivity contribution in [2.45, 2.75) is 13.5 Å². The molecule has 0 aliphatic heterocycles. The molecular formula is C21H18ClN5O3. The summed E-state index contributed by atoms with van der Waals surface area (Å²) < 4.78 is 7.92. The minimum absolute atomic E-state index is 0.273. The number of fused-ring (bicyclic) bond motifs is 1. The van der Waals surface area contributed by atoms with Crippen LogP contribution in [0.1, 0.15) is 5.69 Å². The topological polar surface area (TPSA) is 91.0 Å². The number of rotatable bonds is 5. The van der Waals surface area contributed by atoms with Crippen molar-refractivity contribution in [1.82, 2.24) is 19.6 Å². The molecule has 0 unspecified atom stereocenters. The second-order valence-corrected chi connectivity index (χ2v) is 7.03. The van der Waals surface area contributed by atoms with Gasteiger partial charge in [-0.05, 0) is 37.3 Å². The summed E-state index contributed by atoms with van der Waals surface area (Å²) in [6.45, 7) is 1.50. The predicted molar refractivity (Wildman–Crippen MR) is 114 cm³/mol. The first-order valence-corrected chi connectivity index (χ1v) is 9.50. The Morgan fingerprint density at radius 1 is 1.20 bits per heavy atom. The molecule has 1 N–H and O–H groups in total. The normalized spacial score (nSPS) is 10.9. The summed E-state index contributed by atoms with van der Waals surface area (Å²) in [6.07, 6.45) is 1.60. The molecule has 0 saturated carbocycles. The highest BCUT2D eigenvalue weighted by Crippen LogP contribution is 2.27. The number of nitrogens with zero attached hydrogens (tertiary/aromatic N) is 4. The summed E-state index contributed by atoms with van der Waals surface area (Å²) >= 11 is 6.01. The molecule has 4 aromatic rings. The van der Waals surface area contributed by atoms with Gasteiger partial charge in [-0.25, -0.2) is 9.36 Å². The van der Waals surface area contributed by atoms with Crippen LogP contribution in [0.2, 0.25) is 5.02 Å². The SMILES string of the molecule is COc1ccc(Cl)cc1NC(=O)Cn1nc(C)c2cnn(-c3ccccc3)c2c1=O. The number of benzene rings is 2. The number of halogens is 1. The summed E-state index contributed by atoms with van der Waals surface area (Å²) in [6, 6.07) is 14.2. The van der Waals surface area contributed by atoms with Crippen LogP contribution in [0.25, 0.3) is 16.6 Å². The van der Waals surface area contributed by atoms with Gasteiger partial charge >= 0.3 is 0 Å². The van der Waals surface area contributed by atoms with Gasteiger partial charge in [0.15, 0.2) is 0 Å². The second-order valence-electron chi connectivity index (χ2n) is 6.60. The summed E-state index contributed by atoms with van der Waals surface area (Å²) in [4.78, 5) is 25.7. The van der Waals surface area contributed by atoms with Crippen molar-refractivity contribution >= 4 is 34.1 Å². The molecule has 4 rings (SSSR count). The quantitative estimate of drug-likeness (QED) is 0.532. The van der Waals surface area contributed by atoms with Gasteiger partial charge in [-0.3, -0.25) is 9.59 Å². The Morgan fingerprint density at radius 2 is 1.97 bits per heavy atom. The zero-order valence-electron chi connectivity index (χ0n) is 16.3. The third-order valence-electron chi connectivity index (χ3n) is 4.60. The average molecular weight is 424 g/mol. The average Bonchev–Trinajstić information content (AvgIpc) is 3.19. The summed E-state index contributed by atoms with van der Waals surface area (Å²) in [5, 5.41) is 12.4. The number of ether oxygens (including phenoxy) is 1. The lowest BCUT2D eigenvalue weighted by molar-refractivity contribution is -0.117. The lowest BCUT2D eigenvalue weighted by Crippen LogP contribution is -2.31. The van der Waals surface area contributed by atoms with Gasteiger partial charge in [0.2, 0.25) is 5.91 Å². The molecule has 1 amide bonds. The number of hydrogen-bond acceptors (Lipinski definition) is 5. The van der Waals surface area contributed by atoms with E-state index in [1.807, 2.05) is 30.3 Å². The summed E-state index contributed by atoms with van der Waals surface area (Å²) in [5.74, 6) is 0.0246. The van der Waals surface area contributed by atoms with Crippen LogP contribution in [0.5, 0.6) is 5.75 Å². The van der Waals surface area contributed by atoms with Gasteiger partial charge in [0.25, 0.3) is 5.56 Å². The highest BCUT2D eigenvalue weighted by Gasteiger charge is 2.17. The Bertz CT molecular complexity index is 1300. The number of para-hydroxylation sites is 1. The van der Waals surface area contributed by atoms with Gasteiger partial charge in [-0.1, -0.05) is 29.8 Å². The molecule has 152 valence electrons. The first kappa shape index (κ1) is 19.7. The summed E-state index contributed by atoms with van der Waals surface area (Å²) in [7, 11) is 1.49. The number of carbonyl (C=O) groups excluding carboxylic acids is 1. The molecule has 0 radical (unpaired) electrons. The largest absolute Gasteiger partial charge is 0.495 e. The van der Waals surface area contributed by atoms with Crippen LogP contribution >= 0.6 is 11.6 Å². The first-order valence-electron chi connectivity index (χ1n) is 9.12. The van der Waals surface area contributed by atoms with Crippen LogP contribution in [-0.2, 0) is 11.3 Å². The van der Waals surface area contributed by atoms with Gasteiger partial charge in [-0.15, -0.1) is 0 Å². The van der Waals surface area contributed by atoms with E-state index in [9.17, 15) is 9.59 Å². The molecule has 2 heterocycles. The van der Waals surface area contributed by atoms with E-state index in [0.29, 0.717) is 33.1 Å². The lowest BCUT2D eigenvalue weighted by Gasteiger charge is -2.12. The van der Waals surface area contributed by atoms with Crippen molar-refractivity contribution in [3.8, 4) is 11.4 Å². The molecule has 0 aliphatic carbocycles. The minimum Gasteiger partial charge on any atom is -0.495 e. The second kappa shape index (κ2) is 8.00. The van der Waals surface area contributed by atoms with Crippen molar-refractivity contribution in [2.24, 2.45) is 0 Å². The molecule has 0 spiro atoms. The third-order valence-corrected chi connectivity index (χ3v) is 4.83. The molecule has 0 saturated heterocycles. The Labute approximate surface area is 176 Å². The zero-order valence-corrected chi connectivity index (χ0v) is 17.1. The first-order chi connectivity index (χ1) is 14.5. The van der Waals surface area contributed by atoms with Gasteiger partial charge in [0, 0.05) is 10.4 Å². The fourth-order valence-corrected chi connectivity index (χ4v) is 3.37. The Kier molecular flexibility index (Phi) is 5.24. The Hall–Kier alpha value is -3.65. The smallest absolute Gasteiger partial charge is 0.293 e. The number of carbonyl (C=O) groups is 1. The van der Waals surface area contributed by atoms with E-state index in [1.54, 1.807) is 36.0 Å². The molecular weight excluding hydrogens is 406 g/mol. The molecule has 0 atom stereocenters. The van der Waals surface area contributed by atoms with Crippen LogP contribution in [0.4, 0.5) is 5.69 Å². The van der Waals surface area contributed by atoms with Crippen LogP contribution in [0.3, 0.4) is 0 Å². The maximum Gasteiger partial charge on any atom is 0.293 e. The van der Waals surface area contributed by atoms with E-state index >= 15 is 0 Å². The fourth-order valence-electron chi connectivity index (χ4n) is 3.20. The van der Waals surface area contributed by atoms with Gasteiger partial charge in [-0.2, -0.15) is 10.2 Å². The van der Waals surface area contributed by atoms with Crippen molar-refractivity contribution in [3.63, 3.8) is 0 Å². The van der Waals surface area contributed by atoms with Crippen molar-refractivity contribution in [3.05, 3.63) is 75.8 Å². The molecule has 9 heteroatoms. The lowest BCUT2D eigenvalue weighted by atomic mass is 10.2. The number of hydrogen-bond donors (Lipinski definition) is 1. The molecule has 0 aliphatic rings. The minimum atomic E-state index is -0.435. The number of nitrogens with one attached hydrogen (secondary N) is 1. The van der Waals surface area contributed by atoms with Crippen LogP contribution < -0.4 is 15.6 Å². The van der Waals surface area contributed by atoms with Crippen molar-refractivity contribution in [1.29, 1.82) is 0 Å². The van der Waals surface area contributed by atoms with Crippen LogP contribution in [-0.4, -0.2) is 32.6 Å². The number of aryl methyl sites for hydroxylation is 1. The van der Waals surface area contributed by atoms with E-state index in [0.717, 1.165) is 10.4 Å². The standard InChI is InChI=1S/C21H18ClN5O3/c1-13-16-11-23-27(15-6-4-3-5-7-15)20(16)21(29)26(25-13)12-19(28)24-17-10-14(22)8-9-18(17)30-2/h3-11H,12H2,1-2H3,(H,24,28). The zero-order chi connectivity index (χ0) is 21.3. The van der Waals surface area contributed by atoms with E-state index in [2.05, 4.69) is 15.5 Å². The van der Waals surface area contributed by atoms with Gasteiger partial charge < -0.3 is 10.1 Å². The number of amides is 1. The molecule has 30 heavy (non-hydrogen) atoms. The molecule has 2 aromatic heterocycles.